The van der Waals surface area contributed by atoms with Gasteiger partial charge in [0.1, 0.15) is 23.2 Å². The molecule has 4 aromatic carbocycles. The topological polar surface area (TPSA) is 103 Å². The van der Waals surface area contributed by atoms with E-state index in [0.29, 0.717) is 42.6 Å². The van der Waals surface area contributed by atoms with Crippen LogP contribution in [0.25, 0.3) is 0 Å². The van der Waals surface area contributed by atoms with Gasteiger partial charge in [-0.2, -0.15) is 0 Å². The van der Waals surface area contributed by atoms with E-state index in [1.165, 1.54) is 23.7 Å². The summed E-state index contributed by atoms with van der Waals surface area (Å²) in [4.78, 5) is 41.0. The van der Waals surface area contributed by atoms with Crippen molar-refractivity contribution in [2.24, 2.45) is 0 Å². The first-order valence-electron chi connectivity index (χ1n) is 19.7. The van der Waals surface area contributed by atoms with Crippen LogP contribution >= 0.6 is 0 Å². The van der Waals surface area contributed by atoms with E-state index in [2.05, 4.69) is 52.1 Å². The maximum atomic E-state index is 14.3. The predicted octanol–water partition coefficient (Wildman–Crippen LogP) is 8.24. The lowest BCUT2D eigenvalue weighted by Crippen LogP contribution is -2.42. The van der Waals surface area contributed by atoms with Crippen LogP contribution in [-0.2, 0) is 35.9 Å². The molecule has 56 heavy (non-hydrogen) atoms. The van der Waals surface area contributed by atoms with E-state index in [0.717, 1.165) is 22.3 Å². The molecule has 298 valence electrons. The number of esters is 1. The van der Waals surface area contributed by atoms with Gasteiger partial charge in [-0.25, -0.2) is 0 Å². The van der Waals surface area contributed by atoms with Crippen molar-refractivity contribution in [2.45, 2.75) is 96.3 Å². The second-order valence-corrected chi connectivity index (χ2v) is 15.3. The third kappa shape index (κ3) is 9.80. The number of aryl methyl sites for hydroxylation is 2. The van der Waals surface area contributed by atoms with Crippen molar-refractivity contribution in [3.05, 3.63) is 130 Å². The molecule has 0 aromatic heterocycles. The number of carbonyl (C=O) groups is 3. The van der Waals surface area contributed by atoms with Gasteiger partial charge in [0.15, 0.2) is 0 Å². The number of carbonyl (C=O) groups excluding carboxylic acids is 3. The summed E-state index contributed by atoms with van der Waals surface area (Å²) in [6, 6.07) is 29.9. The highest BCUT2D eigenvalue weighted by Gasteiger charge is 2.42. The number of nitrogens with zero attached hydrogens (tertiary/aromatic N) is 1. The molecule has 1 heterocycles. The minimum atomic E-state index is -1.08. The summed E-state index contributed by atoms with van der Waals surface area (Å²) in [5, 5.41) is 2.55. The van der Waals surface area contributed by atoms with E-state index in [1.807, 2.05) is 83.8 Å². The van der Waals surface area contributed by atoms with E-state index < -0.39 is 23.7 Å². The summed E-state index contributed by atoms with van der Waals surface area (Å²) < 4.78 is 24.2. The van der Waals surface area contributed by atoms with Crippen molar-refractivity contribution in [1.29, 1.82) is 0 Å². The predicted molar refractivity (Wildman–Crippen MR) is 219 cm³/mol. The van der Waals surface area contributed by atoms with Crippen molar-refractivity contribution in [2.75, 3.05) is 34.4 Å². The molecule has 1 aliphatic heterocycles. The van der Waals surface area contributed by atoms with Gasteiger partial charge in [-0.1, -0.05) is 94.4 Å². The molecule has 4 aromatic rings. The average Bonchev–Trinajstić information content (AvgIpc) is 3.62. The lowest BCUT2D eigenvalue weighted by Gasteiger charge is -2.38. The molecule has 2 atom stereocenters. The SMILES string of the molecule is CNC(=O)CCC(=O)OC1CC(COC(c2ccccc2)(c2ccc(OC)cc2)c2ccc(OC)cc2)N(C(=O)CCc2cc(C(C)C)c(C(C)C)cc2C)C1. The van der Waals surface area contributed by atoms with Gasteiger partial charge in [-0.15, -0.1) is 0 Å². The second-order valence-electron chi connectivity index (χ2n) is 15.3. The fourth-order valence-electron chi connectivity index (χ4n) is 7.75. The van der Waals surface area contributed by atoms with Crippen molar-refractivity contribution >= 4 is 17.8 Å². The Kier molecular flexibility index (Phi) is 14.4. The molecule has 1 fully saturated rings. The van der Waals surface area contributed by atoms with E-state index in [-0.39, 0.29) is 37.8 Å². The van der Waals surface area contributed by atoms with Crippen molar-refractivity contribution in [3.63, 3.8) is 0 Å². The fraction of sp³-hybridized carbons (Fsp3) is 0.426. The molecule has 0 aliphatic carbocycles. The molecule has 0 radical (unpaired) electrons. The van der Waals surface area contributed by atoms with Crippen LogP contribution < -0.4 is 14.8 Å². The first kappa shape index (κ1) is 42.0. The summed E-state index contributed by atoms with van der Waals surface area (Å²) in [6.45, 7) is 11.4. The van der Waals surface area contributed by atoms with E-state index in [9.17, 15) is 14.4 Å². The molecule has 9 nitrogen and oxygen atoms in total. The van der Waals surface area contributed by atoms with Gasteiger partial charge in [-0.05, 0) is 88.4 Å². The molecule has 0 spiro atoms. The van der Waals surface area contributed by atoms with Crippen LogP contribution in [0.2, 0.25) is 0 Å². The molecule has 0 saturated carbocycles. The van der Waals surface area contributed by atoms with Crippen LogP contribution in [-0.4, -0.2) is 69.2 Å². The van der Waals surface area contributed by atoms with Crippen molar-refractivity contribution in [3.8, 4) is 11.5 Å². The van der Waals surface area contributed by atoms with Crippen molar-refractivity contribution in [1.82, 2.24) is 10.2 Å². The summed E-state index contributed by atoms with van der Waals surface area (Å²) in [7, 11) is 4.81. The van der Waals surface area contributed by atoms with Crippen LogP contribution in [0.4, 0.5) is 0 Å². The number of benzene rings is 4. The van der Waals surface area contributed by atoms with Gasteiger partial charge in [0.25, 0.3) is 0 Å². The fourth-order valence-corrected chi connectivity index (χ4v) is 7.75. The molecule has 1 N–H and O–H groups in total. The van der Waals surface area contributed by atoms with E-state index in [4.69, 9.17) is 18.9 Å². The molecular formula is C47H58N2O7. The Morgan fingerprint density at radius 1 is 0.768 bits per heavy atom. The zero-order chi connectivity index (χ0) is 40.4. The van der Waals surface area contributed by atoms with Gasteiger partial charge in [0, 0.05) is 26.3 Å². The van der Waals surface area contributed by atoms with E-state index >= 15 is 0 Å². The summed E-state index contributed by atoms with van der Waals surface area (Å²) in [5.74, 6) is 1.47. The highest BCUT2D eigenvalue weighted by atomic mass is 16.5. The molecule has 2 amide bonds. The first-order chi connectivity index (χ1) is 26.9. The monoisotopic (exact) mass is 762 g/mol. The first-order valence-corrected chi connectivity index (χ1v) is 19.7. The summed E-state index contributed by atoms with van der Waals surface area (Å²) in [5.41, 5.74) is 6.59. The molecule has 1 saturated heterocycles. The molecule has 9 heteroatoms. The van der Waals surface area contributed by atoms with Crippen LogP contribution in [0.3, 0.4) is 0 Å². The zero-order valence-electron chi connectivity index (χ0n) is 34.2. The van der Waals surface area contributed by atoms with Crippen LogP contribution in [0.15, 0.2) is 91.0 Å². The van der Waals surface area contributed by atoms with Gasteiger partial charge in [0.2, 0.25) is 11.8 Å². The number of amides is 2. The number of nitrogens with one attached hydrogen (secondary N) is 1. The summed E-state index contributed by atoms with van der Waals surface area (Å²) >= 11 is 0. The Bertz CT molecular complexity index is 1880. The number of hydrogen-bond donors (Lipinski definition) is 1. The highest BCUT2D eigenvalue weighted by molar-refractivity contribution is 5.81. The van der Waals surface area contributed by atoms with Gasteiger partial charge >= 0.3 is 5.97 Å². The number of rotatable bonds is 17. The maximum absolute atomic E-state index is 14.3. The highest BCUT2D eigenvalue weighted by Crippen LogP contribution is 2.42. The third-order valence-corrected chi connectivity index (χ3v) is 10.9. The minimum absolute atomic E-state index is 0.0276. The molecule has 5 rings (SSSR count). The molecule has 2 unspecified atom stereocenters. The largest absolute Gasteiger partial charge is 0.497 e. The third-order valence-electron chi connectivity index (χ3n) is 10.9. The molecular weight excluding hydrogens is 705 g/mol. The number of likely N-dealkylation sites (tertiary alicyclic amines) is 1. The van der Waals surface area contributed by atoms with Gasteiger partial charge in [0.05, 0.1) is 39.8 Å². The van der Waals surface area contributed by atoms with Gasteiger partial charge < -0.3 is 29.2 Å². The lowest BCUT2D eigenvalue weighted by molar-refractivity contribution is -0.150. The normalized spacial score (nSPS) is 15.6. The van der Waals surface area contributed by atoms with Crippen LogP contribution in [0.1, 0.15) is 104 Å². The average molecular weight is 763 g/mol. The Morgan fingerprint density at radius 2 is 1.32 bits per heavy atom. The van der Waals surface area contributed by atoms with E-state index in [1.54, 1.807) is 14.2 Å². The minimum Gasteiger partial charge on any atom is -0.497 e. The van der Waals surface area contributed by atoms with Gasteiger partial charge in [-0.3, -0.25) is 14.4 Å². The molecule has 1 aliphatic rings. The number of ether oxygens (including phenoxy) is 4. The standard InChI is InChI=1S/C47H58N2O7/c1-31(2)42-26-33(5)34(27-43(42)32(3)4)14-24-45(51)49-29-41(56-46(52)25-23-44(50)48-6)28-38(49)30-55-47(35-12-10-9-11-13-35,36-15-19-39(53-7)20-16-36)37-17-21-40(54-8)22-18-37/h9-13,15-22,26-27,31-32,38,41H,14,23-25,28-30H2,1-8H3,(H,48,50). The quantitative estimate of drug-likeness (QED) is 0.0854. The Hall–Kier alpha value is -5.15. The van der Waals surface area contributed by atoms with Crippen molar-refractivity contribution < 1.29 is 33.3 Å². The Morgan fingerprint density at radius 3 is 1.86 bits per heavy atom. The van der Waals surface area contributed by atoms with Crippen LogP contribution in [0, 0.1) is 6.92 Å². The summed E-state index contributed by atoms with van der Waals surface area (Å²) in [6.07, 6.45) is 0.739. The Balaban J connectivity index is 1.48. The Labute approximate surface area is 332 Å². The van der Waals surface area contributed by atoms with Crippen LogP contribution in [0.5, 0.6) is 11.5 Å². The smallest absolute Gasteiger partial charge is 0.306 e. The second kappa shape index (κ2) is 19.1. The number of methoxy groups -OCH3 is 2. The zero-order valence-corrected chi connectivity index (χ0v) is 34.2. The maximum Gasteiger partial charge on any atom is 0.306 e. The molecule has 0 bridgehead atoms. The number of hydrogen-bond acceptors (Lipinski definition) is 7. The lowest BCUT2D eigenvalue weighted by atomic mass is 9.80.